The van der Waals surface area contributed by atoms with E-state index in [2.05, 4.69) is 38.9 Å². The molecule has 0 bridgehead atoms. The highest BCUT2D eigenvalue weighted by Gasteiger charge is 2.52. The fourth-order valence-corrected chi connectivity index (χ4v) is 7.34. The molecule has 4 N–H and O–H groups in total. The highest BCUT2D eigenvalue weighted by molar-refractivity contribution is 6.31. The number of likely N-dealkylation sites (tertiary alicyclic amines) is 1. The molecule has 1 aliphatic carbocycles. The summed E-state index contributed by atoms with van der Waals surface area (Å²) in [5, 5.41) is 28.4. The molecule has 1 aromatic carbocycles. The van der Waals surface area contributed by atoms with Gasteiger partial charge in [-0.3, -0.25) is 15.1 Å². The number of halogens is 1. The van der Waals surface area contributed by atoms with Gasteiger partial charge in [0, 0.05) is 46.2 Å². The Bertz CT molecular complexity index is 1790. The molecule has 2 aliphatic heterocycles. The zero-order chi connectivity index (χ0) is 32.3. The number of carbonyl (C=O) groups excluding carboxylic acids is 1. The molecule has 12 heteroatoms. The Morgan fingerprint density at radius 1 is 1.07 bits per heavy atom. The number of benzene rings is 1. The Labute approximate surface area is 273 Å². The Morgan fingerprint density at radius 2 is 1.83 bits per heavy atom. The van der Waals surface area contributed by atoms with Gasteiger partial charge in [0.2, 0.25) is 0 Å². The highest BCUT2D eigenvalue weighted by atomic mass is 35.5. The number of aliphatic hydroxyl groups is 2. The molecular weight excluding hydrogens is 604 g/mol. The van der Waals surface area contributed by atoms with Gasteiger partial charge in [0.15, 0.2) is 11.4 Å². The first-order chi connectivity index (χ1) is 22.1. The van der Waals surface area contributed by atoms with E-state index in [0.29, 0.717) is 50.8 Å². The van der Waals surface area contributed by atoms with E-state index in [4.69, 9.17) is 21.6 Å². The molecule has 46 heavy (non-hydrogen) atoms. The van der Waals surface area contributed by atoms with E-state index in [1.54, 1.807) is 36.6 Å². The molecule has 242 valence electrons. The minimum atomic E-state index is -1.69. The number of amides is 1. The second-order valence-electron chi connectivity index (χ2n) is 13.2. The van der Waals surface area contributed by atoms with Crippen molar-refractivity contribution in [2.75, 3.05) is 30.4 Å². The van der Waals surface area contributed by atoms with Crippen LogP contribution in [0.2, 0.25) is 5.02 Å². The third kappa shape index (κ3) is 5.24. The molecule has 3 aliphatic rings. The number of nitrogens with one attached hydrogen (secondary N) is 2. The number of pyridine rings is 2. The average molecular weight is 645 g/mol. The Balaban J connectivity index is 1.26. The number of aromatic nitrogens is 4. The number of piperidine rings is 1. The second kappa shape index (κ2) is 11.9. The largest absolute Gasteiger partial charge is 0.374 e. The fourth-order valence-electron chi connectivity index (χ4n) is 7.12. The van der Waals surface area contributed by atoms with Crippen molar-refractivity contribution in [3.8, 4) is 11.3 Å². The van der Waals surface area contributed by atoms with Crippen LogP contribution in [0.3, 0.4) is 0 Å². The van der Waals surface area contributed by atoms with Crippen LogP contribution in [0, 0.1) is 0 Å². The fraction of sp³-hybridized carbons (Fsp3) is 0.471. The van der Waals surface area contributed by atoms with Crippen molar-refractivity contribution in [3.63, 3.8) is 0 Å². The first-order valence-corrected chi connectivity index (χ1v) is 16.5. The van der Waals surface area contributed by atoms with Gasteiger partial charge in [-0.25, -0.2) is 9.97 Å². The summed E-state index contributed by atoms with van der Waals surface area (Å²) in [6.07, 6.45) is 8.08. The average Bonchev–Trinajstić information content (AvgIpc) is 3.55. The summed E-state index contributed by atoms with van der Waals surface area (Å²) in [6.45, 7) is 7.95. The van der Waals surface area contributed by atoms with Gasteiger partial charge in [-0.05, 0) is 96.9 Å². The highest BCUT2D eigenvalue weighted by Crippen LogP contribution is 2.46. The topological polar surface area (TPSA) is 132 Å². The van der Waals surface area contributed by atoms with Gasteiger partial charge in [-0.1, -0.05) is 18.0 Å². The molecule has 7 rings (SSSR count). The lowest BCUT2D eigenvalue weighted by Gasteiger charge is -2.47. The standard InChI is InChI=1S/C34H41ClN8O3/c1-19(2)42-18-38-27-16-26(40-31(29(27)42)39-21-8-9-25(35)24(13-21)32(44)36-4)20-12-28-30(37-17-20)34(3,46)33(45)43(28)23-14-22(15-23)41-10-6-5-7-11-41/h8-9,12-13,16-19,22-23,32,36,44,46H,5-7,10-11,14-15H2,1-4H3,(H,39,40)/t22-,23+,32?,34?. The zero-order valence-corrected chi connectivity index (χ0v) is 27.4. The molecule has 1 amide bonds. The van der Waals surface area contributed by atoms with Crippen LogP contribution in [0.1, 0.15) is 76.4 Å². The molecule has 2 unspecified atom stereocenters. The maximum absolute atomic E-state index is 13.6. The Kier molecular flexibility index (Phi) is 8.01. The predicted octanol–water partition coefficient (Wildman–Crippen LogP) is 5.25. The summed E-state index contributed by atoms with van der Waals surface area (Å²) >= 11 is 6.38. The van der Waals surface area contributed by atoms with Gasteiger partial charge in [0.05, 0.1) is 23.2 Å². The van der Waals surface area contributed by atoms with E-state index < -0.39 is 11.8 Å². The van der Waals surface area contributed by atoms with Crippen LogP contribution >= 0.6 is 11.6 Å². The van der Waals surface area contributed by atoms with Crippen molar-refractivity contribution < 1.29 is 15.0 Å². The molecule has 1 saturated carbocycles. The number of anilines is 3. The van der Waals surface area contributed by atoms with E-state index in [0.717, 1.165) is 37.0 Å². The number of carbonyl (C=O) groups is 1. The van der Waals surface area contributed by atoms with Gasteiger partial charge in [0.25, 0.3) is 5.91 Å². The van der Waals surface area contributed by atoms with Crippen LogP contribution < -0.4 is 15.5 Å². The van der Waals surface area contributed by atoms with Crippen molar-refractivity contribution in [1.29, 1.82) is 0 Å². The molecule has 0 spiro atoms. The van der Waals surface area contributed by atoms with Crippen LogP contribution in [0.4, 0.5) is 17.2 Å². The lowest BCUT2D eigenvalue weighted by molar-refractivity contribution is -0.135. The molecule has 11 nitrogen and oxygen atoms in total. The van der Waals surface area contributed by atoms with E-state index in [9.17, 15) is 15.0 Å². The van der Waals surface area contributed by atoms with Crippen LogP contribution in [0.5, 0.6) is 0 Å². The molecule has 1 saturated heterocycles. The first-order valence-electron chi connectivity index (χ1n) is 16.2. The number of hydrogen-bond donors (Lipinski definition) is 4. The number of fused-ring (bicyclic) bond motifs is 2. The molecule has 0 radical (unpaired) electrons. The summed E-state index contributed by atoms with van der Waals surface area (Å²) in [5.41, 5.74) is 3.49. The number of aliphatic hydroxyl groups excluding tert-OH is 1. The summed E-state index contributed by atoms with van der Waals surface area (Å²) in [6, 6.07) is 9.84. The third-order valence-corrected chi connectivity index (χ3v) is 10.2. The van der Waals surface area contributed by atoms with Crippen molar-refractivity contribution in [2.24, 2.45) is 0 Å². The van der Waals surface area contributed by atoms with E-state index >= 15 is 0 Å². The lowest BCUT2D eigenvalue weighted by Crippen LogP contribution is -2.57. The quantitative estimate of drug-likeness (QED) is 0.190. The van der Waals surface area contributed by atoms with Crippen molar-refractivity contribution in [3.05, 3.63) is 59.1 Å². The predicted molar refractivity (Wildman–Crippen MR) is 179 cm³/mol. The number of nitrogens with zero attached hydrogens (tertiary/aromatic N) is 6. The molecule has 3 aromatic heterocycles. The van der Waals surface area contributed by atoms with E-state index in [-0.39, 0.29) is 18.0 Å². The van der Waals surface area contributed by atoms with E-state index in [1.165, 1.54) is 26.2 Å². The van der Waals surface area contributed by atoms with Crippen molar-refractivity contribution in [2.45, 2.75) is 82.8 Å². The third-order valence-electron chi connectivity index (χ3n) is 9.81. The van der Waals surface area contributed by atoms with Gasteiger partial charge in [-0.2, -0.15) is 0 Å². The molecule has 4 aromatic rings. The maximum atomic E-state index is 13.6. The van der Waals surface area contributed by atoms with Gasteiger partial charge < -0.3 is 29.9 Å². The smallest absolute Gasteiger partial charge is 0.265 e. The van der Waals surface area contributed by atoms with E-state index in [1.807, 2.05) is 18.2 Å². The SMILES string of the molecule is CNC(O)c1cc(Nc2nc(-c3cnc4c(c3)N([C@H]3C[C@@H](N5CCCCC5)C3)C(=O)C4(C)O)cc3ncn(C(C)C)c23)ccc1Cl. The molecule has 5 heterocycles. The van der Waals surface area contributed by atoms with Gasteiger partial charge in [0.1, 0.15) is 17.4 Å². The number of rotatable bonds is 8. The normalized spacial score (nSPS) is 24.0. The van der Waals surface area contributed by atoms with Crippen molar-refractivity contribution in [1.82, 2.24) is 29.7 Å². The second-order valence-corrected chi connectivity index (χ2v) is 13.6. The van der Waals surface area contributed by atoms with Crippen molar-refractivity contribution >= 4 is 45.7 Å². The minimum Gasteiger partial charge on any atom is -0.374 e. The Morgan fingerprint density at radius 3 is 2.54 bits per heavy atom. The van der Waals surface area contributed by atoms with Gasteiger partial charge in [-0.15, -0.1) is 0 Å². The van der Waals surface area contributed by atoms with Crippen LogP contribution in [0.15, 0.2) is 42.9 Å². The van der Waals surface area contributed by atoms with Crippen LogP contribution in [-0.4, -0.2) is 72.8 Å². The summed E-state index contributed by atoms with van der Waals surface area (Å²) < 4.78 is 2.06. The molecule has 2 atom stereocenters. The monoisotopic (exact) mass is 644 g/mol. The Hall–Kier alpha value is -3.61. The summed E-state index contributed by atoms with van der Waals surface area (Å²) in [4.78, 5) is 32.4. The molecule has 2 fully saturated rings. The zero-order valence-electron chi connectivity index (χ0n) is 26.7. The summed E-state index contributed by atoms with van der Waals surface area (Å²) in [7, 11) is 1.66. The maximum Gasteiger partial charge on any atom is 0.265 e. The molecular formula is C34H41ClN8O3. The first kappa shape index (κ1) is 31.0. The van der Waals surface area contributed by atoms with Gasteiger partial charge >= 0.3 is 0 Å². The van der Waals surface area contributed by atoms with Crippen LogP contribution in [-0.2, 0) is 10.4 Å². The minimum absolute atomic E-state index is 0.0191. The van der Waals surface area contributed by atoms with Crippen LogP contribution in [0.25, 0.3) is 22.3 Å². The summed E-state index contributed by atoms with van der Waals surface area (Å²) in [5.74, 6) is 0.257. The lowest BCUT2D eigenvalue weighted by atomic mass is 9.83. The number of imidazole rings is 1. The number of hydrogen-bond acceptors (Lipinski definition) is 9.